The van der Waals surface area contributed by atoms with Gasteiger partial charge in [-0.05, 0) is 19.9 Å². The molecule has 0 spiro atoms. The quantitative estimate of drug-likeness (QED) is 0.757. The molecule has 1 atom stereocenters. The van der Waals surface area contributed by atoms with Gasteiger partial charge in [-0.3, -0.25) is 0 Å². The molecule has 0 aliphatic carbocycles. The second-order valence-corrected chi connectivity index (χ2v) is 3.56. The minimum Gasteiger partial charge on any atom is -0.493 e. The molecule has 1 aromatic heterocycles. The van der Waals surface area contributed by atoms with E-state index in [1.807, 2.05) is 6.92 Å². The summed E-state index contributed by atoms with van der Waals surface area (Å²) in [4.78, 5) is 8.58. The summed E-state index contributed by atoms with van der Waals surface area (Å²) in [6.45, 7) is 3.97. The third kappa shape index (κ3) is 1.70. The van der Waals surface area contributed by atoms with Gasteiger partial charge < -0.3 is 10.1 Å². The molecular formula is C10H15N3O. The highest BCUT2D eigenvalue weighted by molar-refractivity contribution is 5.29. The SMILES string of the molecule is COc1cnc(C)nc1C1CCNC1. The number of rotatable bonds is 2. The van der Waals surface area contributed by atoms with Gasteiger partial charge in [0.2, 0.25) is 0 Å². The Morgan fingerprint density at radius 3 is 3.07 bits per heavy atom. The van der Waals surface area contributed by atoms with Crippen LogP contribution < -0.4 is 10.1 Å². The summed E-state index contributed by atoms with van der Waals surface area (Å²) in [6.07, 6.45) is 2.89. The summed E-state index contributed by atoms with van der Waals surface area (Å²) in [6, 6.07) is 0. The predicted molar refractivity (Wildman–Crippen MR) is 53.5 cm³/mol. The van der Waals surface area contributed by atoms with Crippen LogP contribution in [-0.4, -0.2) is 30.2 Å². The van der Waals surface area contributed by atoms with E-state index in [1.165, 1.54) is 0 Å². The fourth-order valence-electron chi connectivity index (χ4n) is 1.81. The van der Waals surface area contributed by atoms with Gasteiger partial charge in [-0.25, -0.2) is 9.97 Å². The average Bonchev–Trinajstić information content (AvgIpc) is 2.70. The van der Waals surface area contributed by atoms with Gasteiger partial charge >= 0.3 is 0 Å². The molecule has 0 aromatic carbocycles. The lowest BCUT2D eigenvalue weighted by Crippen LogP contribution is -2.10. The van der Waals surface area contributed by atoms with Crippen LogP contribution in [0.5, 0.6) is 5.75 Å². The first kappa shape index (κ1) is 9.40. The third-order valence-electron chi connectivity index (χ3n) is 2.57. The van der Waals surface area contributed by atoms with Crippen molar-refractivity contribution >= 4 is 0 Å². The Morgan fingerprint density at radius 1 is 1.57 bits per heavy atom. The van der Waals surface area contributed by atoms with E-state index in [0.29, 0.717) is 5.92 Å². The zero-order valence-electron chi connectivity index (χ0n) is 8.58. The second kappa shape index (κ2) is 3.92. The van der Waals surface area contributed by atoms with Crippen molar-refractivity contribution in [2.24, 2.45) is 0 Å². The number of hydrogen-bond acceptors (Lipinski definition) is 4. The van der Waals surface area contributed by atoms with Crippen LogP contribution in [0.25, 0.3) is 0 Å². The topological polar surface area (TPSA) is 47.0 Å². The lowest BCUT2D eigenvalue weighted by molar-refractivity contribution is 0.399. The van der Waals surface area contributed by atoms with Crippen molar-refractivity contribution in [2.45, 2.75) is 19.3 Å². The van der Waals surface area contributed by atoms with Gasteiger partial charge in [0.1, 0.15) is 5.82 Å². The van der Waals surface area contributed by atoms with Crippen molar-refractivity contribution in [1.82, 2.24) is 15.3 Å². The zero-order valence-corrected chi connectivity index (χ0v) is 8.58. The highest BCUT2D eigenvalue weighted by atomic mass is 16.5. The van der Waals surface area contributed by atoms with E-state index in [2.05, 4.69) is 15.3 Å². The monoisotopic (exact) mass is 193 g/mol. The van der Waals surface area contributed by atoms with Crippen LogP contribution in [0, 0.1) is 6.92 Å². The van der Waals surface area contributed by atoms with Crippen molar-refractivity contribution < 1.29 is 4.74 Å². The number of aryl methyl sites for hydroxylation is 1. The van der Waals surface area contributed by atoms with Gasteiger partial charge in [0.15, 0.2) is 5.75 Å². The van der Waals surface area contributed by atoms with Crippen molar-refractivity contribution in [3.8, 4) is 5.75 Å². The number of aromatic nitrogens is 2. The van der Waals surface area contributed by atoms with Crippen LogP contribution in [0.15, 0.2) is 6.20 Å². The molecule has 14 heavy (non-hydrogen) atoms. The molecule has 2 heterocycles. The number of nitrogens with one attached hydrogen (secondary N) is 1. The van der Waals surface area contributed by atoms with E-state index in [0.717, 1.165) is 36.8 Å². The van der Waals surface area contributed by atoms with E-state index in [1.54, 1.807) is 13.3 Å². The lowest BCUT2D eigenvalue weighted by Gasteiger charge is -2.12. The minimum absolute atomic E-state index is 0.478. The molecule has 76 valence electrons. The highest BCUT2D eigenvalue weighted by Gasteiger charge is 2.21. The molecule has 0 radical (unpaired) electrons. The van der Waals surface area contributed by atoms with Crippen LogP contribution >= 0.6 is 0 Å². The Kier molecular flexibility index (Phi) is 2.63. The second-order valence-electron chi connectivity index (χ2n) is 3.56. The average molecular weight is 193 g/mol. The van der Waals surface area contributed by atoms with Gasteiger partial charge in [-0.15, -0.1) is 0 Å². The first-order valence-electron chi connectivity index (χ1n) is 4.89. The molecule has 1 aliphatic rings. The molecule has 1 N–H and O–H groups in total. The van der Waals surface area contributed by atoms with Crippen molar-refractivity contribution in [2.75, 3.05) is 20.2 Å². The highest BCUT2D eigenvalue weighted by Crippen LogP contribution is 2.27. The zero-order chi connectivity index (χ0) is 9.97. The summed E-state index contributed by atoms with van der Waals surface area (Å²) >= 11 is 0. The van der Waals surface area contributed by atoms with Crippen LogP contribution in [0.2, 0.25) is 0 Å². The van der Waals surface area contributed by atoms with E-state index < -0.39 is 0 Å². The van der Waals surface area contributed by atoms with Gasteiger partial charge in [0.25, 0.3) is 0 Å². The number of ether oxygens (including phenoxy) is 1. The van der Waals surface area contributed by atoms with Crippen LogP contribution in [-0.2, 0) is 0 Å². The van der Waals surface area contributed by atoms with Crippen molar-refractivity contribution in [3.05, 3.63) is 17.7 Å². The molecule has 0 bridgehead atoms. The van der Waals surface area contributed by atoms with Gasteiger partial charge in [-0.1, -0.05) is 0 Å². The van der Waals surface area contributed by atoms with Crippen LogP contribution in [0.1, 0.15) is 23.9 Å². The molecule has 1 fully saturated rings. The van der Waals surface area contributed by atoms with E-state index >= 15 is 0 Å². The van der Waals surface area contributed by atoms with Crippen LogP contribution in [0.4, 0.5) is 0 Å². The van der Waals surface area contributed by atoms with Gasteiger partial charge in [0.05, 0.1) is 19.0 Å². The minimum atomic E-state index is 0.478. The molecule has 0 saturated carbocycles. The summed E-state index contributed by atoms with van der Waals surface area (Å²) in [5.74, 6) is 2.10. The molecule has 1 aromatic rings. The van der Waals surface area contributed by atoms with E-state index in [4.69, 9.17) is 4.74 Å². The molecule has 4 heteroatoms. The maximum Gasteiger partial charge on any atom is 0.158 e. The fraction of sp³-hybridized carbons (Fsp3) is 0.600. The summed E-state index contributed by atoms with van der Waals surface area (Å²) in [5, 5.41) is 3.33. The Labute approximate surface area is 83.7 Å². The Hall–Kier alpha value is -1.16. The molecule has 0 amide bonds. The number of methoxy groups -OCH3 is 1. The maximum atomic E-state index is 5.26. The standard InChI is InChI=1S/C10H15N3O/c1-7-12-6-9(14-2)10(13-7)8-3-4-11-5-8/h6,8,11H,3-5H2,1-2H3. The molecular weight excluding hydrogens is 178 g/mol. The van der Waals surface area contributed by atoms with Crippen molar-refractivity contribution in [3.63, 3.8) is 0 Å². The molecule has 1 unspecified atom stereocenters. The summed E-state index contributed by atoms with van der Waals surface area (Å²) in [5.41, 5.74) is 1.05. The lowest BCUT2D eigenvalue weighted by atomic mass is 10.0. The summed E-state index contributed by atoms with van der Waals surface area (Å²) in [7, 11) is 1.67. The Bertz CT molecular complexity index is 321. The molecule has 2 rings (SSSR count). The third-order valence-corrected chi connectivity index (χ3v) is 2.57. The maximum absolute atomic E-state index is 5.26. The van der Waals surface area contributed by atoms with E-state index in [9.17, 15) is 0 Å². The summed E-state index contributed by atoms with van der Waals surface area (Å²) < 4.78 is 5.26. The largest absolute Gasteiger partial charge is 0.493 e. The Balaban J connectivity index is 2.33. The molecule has 4 nitrogen and oxygen atoms in total. The predicted octanol–water partition coefficient (Wildman–Crippen LogP) is 0.871. The van der Waals surface area contributed by atoms with Crippen LogP contribution in [0.3, 0.4) is 0 Å². The first-order chi connectivity index (χ1) is 6.81. The molecule has 1 aliphatic heterocycles. The van der Waals surface area contributed by atoms with Gasteiger partial charge in [0, 0.05) is 12.5 Å². The van der Waals surface area contributed by atoms with Gasteiger partial charge in [-0.2, -0.15) is 0 Å². The smallest absolute Gasteiger partial charge is 0.158 e. The molecule has 1 saturated heterocycles. The number of nitrogens with zero attached hydrogens (tertiary/aromatic N) is 2. The Morgan fingerprint density at radius 2 is 2.43 bits per heavy atom. The normalized spacial score (nSPS) is 21.1. The fourth-order valence-corrected chi connectivity index (χ4v) is 1.81. The van der Waals surface area contributed by atoms with Crippen molar-refractivity contribution in [1.29, 1.82) is 0 Å². The number of hydrogen-bond donors (Lipinski definition) is 1. The van der Waals surface area contributed by atoms with E-state index in [-0.39, 0.29) is 0 Å². The first-order valence-corrected chi connectivity index (χ1v) is 4.89.